The lowest BCUT2D eigenvalue weighted by Crippen LogP contribution is -2.28. The van der Waals surface area contributed by atoms with Gasteiger partial charge in [0.15, 0.2) is 6.33 Å². The summed E-state index contributed by atoms with van der Waals surface area (Å²) in [7, 11) is 0. The minimum Gasteiger partial charge on any atom is -0.339 e. The molecule has 4 heteroatoms. The summed E-state index contributed by atoms with van der Waals surface area (Å²) in [5.41, 5.74) is -0.0790. The van der Waals surface area contributed by atoms with Crippen LogP contribution in [0.4, 0.5) is 0 Å². The van der Waals surface area contributed by atoms with E-state index in [4.69, 9.17) is 4.52 Å². The van der Waals surface area contributed by atoms with E-state index in [2.05, 4.69) is 17.1 Å². The molecule has 4 nitrogen and oxygen atoms in total. The van der Waals surface area contributed by atoms with Crippen LogP contribution in [0.2, 0.25) is 0 Å². The van der Waals surface area contributed by atoms with Crippen LogP contribution in [0.25, 0.3) is 0 Å². The molecule has 1 heterocycles. The first-order valence-corrected chi connectivity index (χ1v) is 4.50. The van der Waals surface area contributed by atoms with Crippen molar-refractivity contribution in [2.24, 2.45) is 0 Å². The highest BCUT2D eigenvalue weighted by molar-refractivity contribution is 5.79. The van der Waals surface area contributed by atoms with Crippen LogP contribution in [0.15, 0.2) is 10.9 Å². The summed E-state index contributed by atoms with van der Waals surface area (Å²) in [6.45, 7) is 2.08. The van der Waals surface area contributed by atoms with E-state index >= 15 is 0 Å². The summed E-state index contributed by atoms with van der Waals surface area (Å²) < 4.78 is 5.04. The molecule has 0 unspecified atom stereocenters. The van der Waals surface area contributed by atoms with Crippen molar-refractivity contribution < 1.29 is 9.32 Å². The smallest absolute Gasteiger partial charge is 0.232 e. The molecule has 0 saturated heterocycles. The first-order chi connectivity index (χ1) is 6.21. The van der Waals surface area contributed by atoms with E-state index in [9.17, 15) is 4.79 Å². The standard InChI is InChI=1S/C9H12N2O2/c1-9(8-10-6-11-13-8)4-2-7(12)3-5-9/h6H,2-5H2,1H3. The van der Waals surface area contributed by atoms with Gasteiger partial charge in [-0.25, -0.2) is 0 Å². The topological polar surface area (TPSA) is 56.0 Å². The number of aromatic nitrogens is 2. The zero-order valence-corrected chi connectivity index (χ0v) is 7.62. The summed E-state index contributed by atoms with van der Waals surface area (Å²) in [5.74, 6) is 1.01. The highest BCUT2D eigenvalue weighted by Crippen LogP contribution is 2.36. The molecule has 0 aliphatic heterocycles. The molecule has 1 aromatic rings. The Morgan fingerprint density at radius 1 is 1.46 bits per heavy atom. The van der Waals surface area contributed by atoms with Gasteiger partial charge >= 0.3 is 0 Å². The number of Topliss-reactive ketones (excluding diaryl/α,β-unsaturated/α-hetero) is 1. The van der Waals surface area contributed by atoms with Gasteiger partial charge in [0.05, 0.1) is 0 Å². The largest absolute Gasteiger partial charge is 0.339 e. The molecule has 70 valence electrons. The number of carbonyl (C=O) groups is 1. The van der Waals surface area contributed by atoms with Crippen molar-refractivity contribution in [3.63, 3.8) is 0 Å². The lowest BCUT2D eigenvalue weighted by molar-refractivity contribution is -0.121. The normalized spacial score (nSPS) is 21.8. The van der Waals surface area contributed by atoms with Crippen LogP contribution in [0, 0.1) is 0 Å². The molecule has 1 fully saturated rings. The Hall–Kier alpha value is -1.19. The number of carbonyl (C=O) groups excluding carboxylic acids is 1. The van der Waals surface area contributed by atoms with Crippen LogP contribution in [0.5, 0.6) is 0 Å². The number of ketones is 1. The summed E-state index contributed by atoms with van der Waals surface area (Å²) >= 11 is 0. The molecule has 0 spiro atoms. The number of hydrogen-bond acceptors (Lipinski definition) is 4. The summed E-state index contributed by atoms with van der Waals surface area (Å²) in [6.07, 6.45) is 4.34. The second-order valence-corrected chi connectivity index (χ2v) is 3.85. The zero-order valence-electron chi connectivity index (χ0n) is 7.62. The molecule has 0 amide bonds. The quantitative estimate of drug-likeness (QED) is 0.656. The zero-order chi connectivity index (χ0) is 9.31. The lowest BCUT2D eigenvalue weighted by atomic mass is 9.75. The predicted molar refractivity (Wildman–Crippen MR) is 45.1 cm³/mol. The average molecular weight is 180 g/mol. The van der Waals surface area contributed by atoms with Crippen LogP contribution in [0.1, 0.15) is 38.5 Å². The van der Waals surface area contributed by atoms with Gasteiger partial charge in [-0.05, 0) is 12.8 Å². The number of hydrogen-bond donors (Lipinski definition) is 0. The molecule has 1 saturated carbocycles. The van der Waals surface area contributed by atoms with E-state index in [1.54, 1.807) is 0 Å². The Morgan fingerprint density at radius 2 is 2.15 bits per heavy atom. The maximum Gasteiger partial charge on any atom is 0.232 e. The molecule has 13 heavy (non-hydrogen) atoms. The second-order valence-electron chi connectivity index (χ2n) is 3.85. The fraction of sp³-hybridized carbons (Fsp3) is 0.667. The van der Waals surface area contributed by atoms with Crippen molar-refractivity contribution in [2.45, 2.75) is 38.0 Å². The van der Waals surface area contributed by atoms with E-state index in [0.29, 0.717) is 24.5 Å². The third-order valence-electron chi connectivity index (χ3n) is 2.79. The third kappa shape index (κ3) is 1.48. The van der Waals surface area contributed by atoms with E-state index in [-0.39, 0.29) is 5.41 Å². The van der Waals surface area contributed by atoms with E-state index in [1.807, 2.05) is 0 Å². The SMILES string of the molecule is CC1(c2ncno2)CCC(=O)CC1. The molecule has 2 rings (SSSR count). The lowest BCUT2D eigenvalue weighted by Gasteiger charge is -2.28. The van der Waals surface area contributed by atoms with Gasteiger partial charge in [-0.1, -0.05) is 12.1 Å². The van der Waals surface area contributed by atoms with Gasteiger partial charge < -0.3 is 4.52 Å². The predicted octanol–water partition coefficient (Wildman–Crippen LogP) is 1.47. The monoisotopic (exact) mass is 180 g/mol. The van der Waals surface area contributed by atoms with Crippen LogP contribution >= 0.6 is 0 Å². The molecular formula is C9H12N2O2. The van der Waals surface area contributed by atoms with Crippen molar-refractivity contribution >= 4 is 5.78 Å². The molecule has 0 atom stereocenters. The van der Waals surface area contributed by atoms with Crippen molar-refractivity contribution in [3.8, 4) is 0 Å². The van der Waals surface area contributed by atoms with Crippen molar-refractivity contribution in [2.75, 3.05) is 0 Å². The van der Waals surface area contributed by atoms with E-state index in [1.165, 1.54) is 6.33 Å². The highest BCUT2D eigenvalue weighted by Gasteiger charge is 2.35. The minimum atomic E-state index is -0.0790. The Labute approximate surface area is 76.3 Å². The Bertz CT molecular complexity index is 295. The van der Waals surface area contributed by atoms with Gasteiger partial charge in [0, 0.05) is 18.3 Å². The maximum atomic E-state index is 11.1. The molecule has 1 aliphatic carbocycles. The Balaban J connectivity index is 2.18. The molecule has 0 N–H and O–H groups in total. The molecule has 1 aromatic heterocycles. The minimum absolute atomic E-state index is 0.0790. The number of nitrogens with zero attached hydrogens (tertiary/aromatic N) is 2. The second kappa shape index (κ2) is 2.94. The van der Waals surface area contributed by atoms with Gasteiger partial charge in [-0.2, -0.15) is 4.98 Å². The first kappa shape index (κ1) is 8.41. The molecule has 0 aromatic carbocycles. The first-order valence-electron chi connectivity index (χ1n) is 4.50. The summed E-state index contributed by atoms with van der Waals surface area (Å²) in [6, 6.07) is 0. The van der Waals surface area contributed by atoms with E-state index in [0.717, 1.165) is 12.8 Å². The molecule has 1 aliphatic rings. The molecular weight excluding hydrogens is 168 g/mol. The van der Waals surface area contributed by atoms with Gasteiger partial charge in [-0.3, -0.25) is 4.79 Å². The van der Waals surface area contributed by atoms with Gasteiger partial charge in [-0.15, -0.1) is 0 Å². The van der Waals surface area contributed by atoms with Crippen LogP contribution in [-0.2, 0) is 10.2 Å². The fourth-order valence-corrected chi connectivity index (χ4v) is 1.73. The third-order valence-corrected chi connectivity index (χ3v) is 2.79. The van der Waals surface area contributed by atoms with Crippen LogP contribution in [0.3, 0.4) is 0 Å². The van der Waals surface area contributed by atoms with E-state index < -0.39 is 0 Å². The molecule has 0 bridgehead atoms. The van der Waals surface area contributed by atoms with Gasteiger partial charge in [0.25, 0.3) is 0 Å². The summed E-state index contributed by atoms with van der Waals surface area (Å²) in [5, 5.41) is 3.59. The molecule has 0 radical (unpaired) electrons. The Morgan fingerprint density at radius 3 is 2.69 bits per heavy atom. The van der Waals surface area contributed by atoms with Crippen molar-refractivity contribution in [3.05, 3.63) is 12.2 Å². The van der Waals surface area contributed by atoms with Crippen LogP contribution < -0.4 is 0 Å². The maximum absolute atomic E-state index is 11.1. The van der Waals surface area contributed by atoms with Crippen LogP contribution in [-0.4, -0.2) is 15.9 Å². The number of rotatable bonds is 1. The highest BCUT2D eigenvalue weighted by atomic mass is 16.5. The summed E-state index contributed by atoms with van der Waals surface area (Å²) in [4.78, 5) is 15.1. The average Bonchev–Trinajstić information content (AvgIpc) is 2.63. The van der Waals surface area contributed by atoms with Gasteiger partial charge in [0.2, 0.25) is 5.89 Å². The van der Waals surface area contributed by atoms with Crippen molar-refractivity contribution in [1.82, 2.24) is 10.1 Å². The van der Waals surface area contributed by atoms with Crippen molar-refractivity contribution in [1.29, 1.82) is 0 Å². The van der Waals surface area contributed by atoms with Gasteiger partial charge in [0.1, 0.15) is 5.78 Å². The Kier molecular flexibility index (Phi) is 1.90. The fourth-order valence-electron chi connectivity index (χ4n) is 1.73.